The predicted octanol–water partition coefficient (Wildman–Crippen LogP) is 0.180. The zero-order chi connectivity index (χ0) is 8.97. The molecular formula is C9H20N2O. The molecule has 0 bridgehead atoms. The fourth-order valence-corrected chi connectivity index (χ4v) is 1.51. The maximum absolute atomic E-state index is 8.80. The third-order valence-corrected chi connectivity index (χ3v) is 2.28. The standard InChI is InChI=1S/C9H20N2O/c1-2-5-11(9-3-4-9)6-8(10)7-12/h8-9,12H,2-7,10H2,1H3. The van der Waals surface area contributed by atoms with Gasteiger partial charge >= 0.3 is 0 Å². The molecule has 1 aliphatic carbocycles. The van der Waals surface area contributed by atoms with Gasteiger partial charge < -0.3 is 10.8 Å². The molecule has 0 spiro atoms. The molecule has 1 fully saturated rings. The summed E-state index contributed by atoms with van der Waals surface area (Å²) in [6.07, 6.45) is 3.81. The molecule has 72 valence electrons. The highest BCUT2D eigenvalue weighted by atomic mass is 16.3. The van der Waals surface area contributed by atoms with Crippen molar-refractivity contribution in [1.29, 1.82) is 0 Å². The van der Waals surface area contributed by atoms with Crippen molar-refractivity contribution in [2.45, 2.75) is 38.3 Å². The molecule has 0 aromatic heterocycles. The summed E-state index contributed by atoms with van der Waals surface area (Å²) >= 11 is 0. The second-order valence-corrected chi connectivity index (χ2v) is 3.67. The molecule has 1 unspecified atom stereocenters. The van der Waals surface area contributed by atoms with Gasteiger partial charge in [-0.05, 0) is 25.8 Å². The summed E-state index contributed by atoms with van der Waals surface area (Å²) in [5.41, 5.74) is 5.68. The van der Waals surface area contributed by atoms with Gasteiger partial charge in [0.2, 0.25) is 0 Å². The smallest absolute Gasteiger partial charge is 0.0595 e. The number of hydrogen-bond acceptors (Lipinski definition) is 3. The molecule has 3 N–H and O–H groups in total. The van der Waals surface area contributed by atoms with Gasteiger partial charge in [-0.2, -0.15) is 0 Å². The minimum absolute atomic E-state index is 0.0582. The van der Waals surface area contributed by atoms with Crippen LogP contribution in [0.15, 0.2) is 0 Å². The first kappa shape index (κ1) is 9.96. The van der Waals surface area contributed by atoms with Crippen LogP contribution in [0.25, 0.3) is 0 Å². The minimum Gasteiger partial charge on any atom is -0.395 e. The SMILES string of the molecule is CCCN(CC(N)CO)C1CC1. The second-order valence-electron chi connectivity index (χ2n) is 3.67. The van der Waals surface area contributed by atoms with E-state index in [-0.39, 0.29) is 12.6 Å². The third kappa shape index (κ3) is 3.09. The van der Waals surface area contributed by atoms with Crippen molar-refractivity contribution in [2.75, 3.05) is 19.7 Å². The van der Waals surface area contributed by atoms with E-state index in [1.807, 2.05) is 0 Å². The molecule has 0 aromatic rings. The molecule has 3 heteroatoms. The van der Waals surface area contributed by atoms with Crippen LogP contribution in [0.1, 0.15) is 26.2 Å². The van der Waals surface area contributed by atoms with Gasteiger partial charge in [-0.3, -0.25) is 4.90 Å². The number of nitrogens with two attached hydrogens (primary N) is 1. The number of nitrogens with zero attached hydrogens (tertiary/aromatic N) is 1. The van der Waals surface area contributed by atoms with Crippen LogP contribution in [0, 0.1) is 0 Å². The summed E-state index contributed by atoms with van der Waals surface area (Å²) in [4.78, 5) is 2.40. The molecule has 12 heavy (non-hydrogen) atoms. The molecule has 0 amide bonds. The molecule has 0 heterocycles. The summed E-state index contributed by atoms with van der Waals surface area (Å²) < 4.78 is 0. The Morgan fingerprint density at radius 2 is 2.25 bits per heavy atom. The van der Waals surface area contributed by atoms with Crippen LogP contribution >= 0.6 is 0 Å². The van der Waals surface area contributed by atoms with E-state index in [2.05, 4.69) is 11.8 Å². The van der Waals surface area contributed by atoms with Gasteiger partial charge in [0.25, 0.3) is 0 Å². The van der Waals surface area contributed by atoms with Crippen molar-refractivity contribution < 1.29 is 5.11 Å². The number of aliphatic hydroxyl groups is 1. The average Bonchev–Trinajstić information content (AvgIpc) is 2.86. The summed E-state index contributed by atoms with van der Waals surface area (Å²) in [7, 11) is 0. The lowest BCUT2D eigenvalue weighted by atomic mass is 10.3. The van der Waals surface area contributed by atoms with Crippen molar-refractivity contribution in [1.82, 2.24) is 4.90 Å². The molecule has 1 saturated carbocycles. The van der Waals surface area contributed by atoms with Crippen LogP contribution in [0.4, 0.5) is 0 Å². The number of aliphatic hydroxyl groups excluding tert-OH is 1. The molecule has 0 saturated heterocycles. The molecule has 1 atom stereocenters. The van der Waals surface area contributed by atoms with Crippen molar-refractivity contribution in [3.63, 3.8) is 0 Å². The summed E-state index contributed by atoms with van der Waals surface area (Å²) in [6, 6.07) is 0.708. The second kappa shape index (κ2) is 4.80. The fourth-order valence-electron chi connectivity index (χ4n) is 1.51. The highest BCUT2D eigenvalue weighted by Gasteiger charge is 2.28. The van der Waals surface area contributed by atoms with Gasteiger partial charge in [0.1, 0.15) is 0 Å². The number of hydrogen-bond donors (Lipinski definition) is 2. The molecular weight excluding hydrogens is 152 g/mol. The van der Waals surface area contributed by atoms with Gasteiger partial charge in [-0.1, -0.05) is 6.92 Å². The van der Waals surface area contributed by atoms with Crippen LogP contribution in [-0.4, -0.2) is 41.8 Å². The zero-order valence-electron chi connectivity index (χ0n) is 7.87. The highest BCUT2D eigenvalue weighted by Crippen LogP contribution is 2.26. The van der Waals surface area contributed by atoms with Crippen molar-refractivity contribution >= 4 is 0 Å². The van der Waals surface area contributed by atoms with Crippen LogP contribution < -0.4 is 5.73 Å². The zero-order valence-corrected chi connectivity index (χ0v) is 7.87. The largest absolute Gasteiger partial charge is 0.395 e. The van der Waals surface area contributed by atoms with Crippen molar-refractivity contribution in [3.05, 3.63) is 0 Å². The van der Waals surface area contributed by atoms with E-state index in [0.717, 1.165) is 19.1 Å². The van der Waals surface area contributed by atoms with Gasteiger partial charge in [-0.25, -0.2) is 0 Å². The lowest BCUT2D eigenvalue weighted by Gasteiger charge is -2.23. The van der Waals surface area contributed by atoms with E-state index < -0.39 is 0 Å². The first-order valence-corrected chi connectivity index (χ1v) is 4.88. The summed E-state index contributed by atoms with van der Waals surface area (Å²) in [5.74, 6) is 0. The molecule has 0 radical (unpaired) electrons. The van der Waals surface area contributed by atoms with Crippen LogP contribution in [0.5, 0.6) is 0 Å². The lowest BCUT2D eigenvalue weighted by molar-refractivity contribution is 0.195. The third-order valence-electron chi connectivity index (χ3n) is 2.28. The Labute approximate surface area is 74.5 Å². The predicted molar refractivity (Wildman–Crippen MR) is 49.9 cm³/mol. The van der Waals surface area contributed by atoms with Crippen LogP contribution in [0.2, 0.25) is 0 Å². The fraction of sp³-hybridized carbons (Fsp3) is 1.00. The maximum Gasteiger partial charge on any atom is 0.0595 e. The van der Waals surface area contributed by atoms with Gasteiger partial charge in [0, 0.05) is 18.6 Å². The molecule has 3 nitrogen and oxygen atoms in total. The summed E-state index contributed by atoms with van der Waals surface area (Å²) in [5, 5.41) is 8.80. The minimum atomic E-state index is -0.0582. The molecule has 0 aliphatic heterocycles. The van der Waals surface area contributed by atoms with Crippen molar-refractivity contribution in [2.24, 2.45) is 5.73 Å². The summed E-state index contributed by atoms with van der Waals surface area (Å²) in [6.45, 7) is 4.26. The molecule has 0 aromatic carbocycles. The normalized spacial score (nSPS) is 20.0. The Morgan fingerprint density at radius 3 is 2.67 bits per heavy atom. The van der Waals surface area contributed by atoms with Gasteiger partial charge in [-0.15, -0.1) is 0 Å². The number of rotatable bonds is 6. The average molecular weight is 172 g/mol. The Morgan fingerprint density at radius 1 is 1.58 bits per heavy atom. The molecule has 1 rings (SSSR count). The van der Waals surface area contributed by atoms with Crippen LogP contribution in [-0.2, 0) is 0 Å². The first-order chi connectivity index (χ1) is 5.77. The van der Waals surface area contributed by atoms with Crippen LogP contribution in [0.3, 0.4) is 0 Å². The van der Waals surface area contributed by atoms with Crippen molar-refractivity contribution in [3.8, 4) is 0 Å². The highest BCUT2D eigenvalue weighted by molar-refractivity contribution is 4.85. The Kier molecular flexibility index (Phi) is 3.98. The van der Waals surface area contributed by atoms with E-state index >= 15 is 0 Å². The van der Waals surface area contributed by atoms with Gasteiger partial charge in [0.05, 0.1) is 6.61 Å². The first-order valence-electron chi connectivity index (χ1n) is 4.88. The van der Waals surface area contributed by atoms with E-state index in [0.29, 0.717) is 0 Å². The monoisotopic (exact) mass is 172 g/mol. The van der Waals surface area contributed by atoms with E-state index in [9.17, 15) is 0 Å². The maximum atomic E-state index is 8.80. The van der Waals surface area contributed by atoms with E-state index in [1.54, 1.807) is 0 Å². The Hall–Kier alpha value is -0.120. The Balaban J connectivity index is 2.22. The quantitative estimate of drug-likeness (QED) is 0.601. The topological polar surface area (TPSA) is 49.5 Å². The molecule has 1 aliphatic rings. The lowest BCUT2D eigenvalue weighted by Crippen LogP contribution is -2.41. The Bertz CT molecular complexity index is 126. The van der Waals surface area contributed by atoms with E-state index in [1.165, 1.54) is 19.3 Å². The van der Waals surface area contributed by atoms with E-state index in [4.69, 9.17) is 10.8 Å². The van der Waals surface area contributed by atoms with Gasteiger partial charge in [0.15, 0.2) is 0 Å².